The van der Waals surface area contributed by atoms with Crippen molar-refractivity contribution in [3.8, 4) is 0 Å². The molecule has 1 fully saturated rings. The van der Waals surface area contributed by atoms with Crippen LogP contribution in [0.2, 0.25) is 0 Å². The fourth-order valence-electron chi connectivity index (χ4n) is 1.68. The molecule has 13 heavy (non-hydrogen) atoms. The van der Waals surface area contributed by atoms with Crippen molar-refractivity contribution >= 4 is 6.03 Å². The molecule has 4 nitrogen and oxygen atoms in total. The molecule has 76 valence electrons. The van der Waals surface area contributed by atoms with Gasteiger partial charge in [-0.3, -0.25) is 0 Å². The molecule has 1 rings (SSSR count). The SMILES string of the molecule is CC(C)N1CC(CN)CN(C)C1=O. The number of nitrogens with two attached hydrogens (primary N) is 1. The van der Waals surface area contributed by atoms with Crippen molar-refractivity contribution in [1.82, 2.24) is 9.80 Å². The maximum absolute atomic E-state index is 11.6. The quantitative estimate of drug-likeness (QED) is 0.674. The number of carbonyl (C=O) groups excluding carboxylic acids is 1. The Balaban J connectivity index is 2.66. The first-order valence-electron chi connectivity index (χ1n) is 4.78. The predicted molar refractivity (Wildman–Crippen MR) is 52.4 cm³/mol. The van der Waals surface area contributed by atoms with E-state index < -0.39 is 0 Å². The van der Waals surface area contributed by atoms with Crippen molar-refractivity contribution in [2.75, 3.05) is 26.7 Å². The van der Waals surface area contributed by atoms with Crippen molar-refractivity contribution in [2.45, 2.75) is 19.9 Å². The molecule has 4 heteroatoms. The fourth-order valence-corrected chi connectivity index (χ4v) is 1.68. The Labute approximate surface area is 79.7 Å². The third-order valence-corrected chi connectivity index (χ3v) is 2.52. The number of urea groups is 1. The van der Waals surface area contributed by atoms with Gasteiger partial charge >= 0.3 is 6.03 Å². The Morgan fingerprint density at radius 2 is 2.15 bits per heavy atom. The van der Waals surface area contributed by atoms with Crippen molar-refractivity contribution < 1.29 is 4.79 Å². The van der Waals surface area contributed by atoms with E-state index in [4.69, 9.17) is 5.73 Å². The standard InChI is InChI=1S/C9H19N3O/c1-7(2)12-6-8(4-10)5-11(3)9(12)13/h7-8H,4-6,10H2,1-3H3. The first kappa shape index (κ1) is 10.3. The average molecular weight is 185 g/mol. The average Bonchev–Trinajstić information content (AvgIpc) is 2.09. The van der Waals surface area contributed by atoms with Crippen molar-refractivity contribution in [2.24, 2.45) is 11.7 Å². The molecule has 0 bridgehead atoms. The molecule has 0 saturated carbocycles. The smallest absolute Gasteiger partial charge is 0.319 e. The topological polar surface area (TPSA) is 49.6 Å². The van der Waals surface area contributed by atoms with Crippen LogP contribution < -0.4 is 5.73 Å². The van der Waals surface area contributed by atoms with E-state index in [-0.39, 0.29) is 12.1 Å². The van der Waals surface area contributed by atoms with E-state index in [1.807, 2.05) is 25.8 Å². The summed E-state index contributed by atoms with van der Waals surface area (Å²) < 4.78 is 0. The summed E-state index contributed by atoms with van der Waals surface area (Å²) in [6.07, 6.45) is 0. The van der Waals surface area contributed by atoms with E-state index >= 15 is 0 Å². The molecular formula is C9H19N3O. The van der Waals surface area contributed by atoms with Crippen molar-refractivity contribution in [3.05, 3.63) is 0 Å². The highest BCUT2D eigenvalue weighted by Gasteiger charge is 2.29. The molecule has 1 unspecified atom stereocenters. The molecule has 0 radical (unpaired) electrons. The van der Waals surface area contributed by atoms with Gasteiger partial charge in [0.2, 0.25) is 0 Å². The summed E-state index contributed by atoms with van der Waals surface area (Å²) in [4.78, 5) is 15.3. The van der Waals surface area contributed by atoms with Gasteiger partial charge in [-0.1, -0.05) is 0 Å². The number of amides is 2. The lowest BCUT2D eigenvalue weighted by molar-refractivity contribution is 0.102. The summed E-state index contributed by atoms with van der Waals surface area (Å²) in [5.41, 5.74) is 5.61. The first-order chi connectivity index (χ1) is 6.06. The van der Waals surface area contributed by atoms with Gasteiger partial charge in [0.15, 0.2) is 0 Å². The molecule has 2 N–H and O–H groups in total. The minimum Gasteiger partial charge on any atom is -0.330 e. The van der Waals surface area contributed by atoms with E-state index in [1.54, 1.807) is 4.90 Å². The summed E-state index contributed by atoms with van der Waals surface area (Å²) in [6, 6.07) is 0.393. The lowest BCUT2D eigenvalue weighted by atomic mass is 10.1. The summed E-state index contributed by atoms with van der Waals surface area (Å²) >= 11 is 0. The molecule has 0 aromatic carbocycles. The molecule has 1 aliphatic heterocycles. The summed E-state index contributed by atoms with van der Waals surface area (Å²) in [5.74, 6) is 0.421. The van der Waals surface area contributed by atoms with Crippen LogP contribution in [0.25, 0.3) is 0 Å². The maximum atomic E-state index is 11.6. The van der Waals surface area contributed by atoms with Gasteiger partial charge in [0.05, 0.1) is 0 Å². The zero-order valence-corrected chi connectivity index (χ0v) is 8.66. The van der Waals surface area contributed by atoms with Gasteiger partial charge in [-0.05, 0) is 20.4 Å². The Morgan fingerprint density at radius 1 is 1.54 bits per heavy atom. The Kier molecular flexibility index (Phi) is 3.14. The Hall–Kier alpha value is -0.770. The molecule has 0 aromatic rings. The number of hydrogen-bond donors (Lipinski definition) is 1. The van der Waals surface area contributed by atoms with Gasteiger partial charge in [-0.25, -0.2) is 4.79 Å². The molecule has 1 aliphatic rings. The molecule has 1 heterocycles. The Morgan fingerprint density at radius 3 is 2.62 bits per heavy atom. The normalized spacial score (nSPS) is 24.4. The summed E-state index contributed by atoms with van der Waals surface area (Å²) in [7, 11) is 1.83. The molecule has 0 aliphatic carbocycles. The third-order valence-electron chi connectivity index (χ3n) is 2.52. The van der Waals surface area contributed by atoms with Crippen LogP contribution >= 0.6 is 0 Å². The second kappa shape index (κ2) is 3.96. The second-order valence-corrected chi connectivity index (χ2v) is 4.01. The molecule has 2 amide bonds. The van der Waals surface area contributed by atoms with Crippen LogP contribution in [0, 0.1) is 5.92 Å². The van der Waals surface area contributed by atoms with E-state index in [2.05, 4.69) is 0 Å². The van der Waals surface area contributed by atoms with Gasteiger partial charge in [0, 0.05) is 32.1 Å². The maximum Gasteiger partial charge on any atom is 0.319 e. The van der Waals surface area contributed by atoms with Gasteiger partial charge in [0.25, 0.3) is 0 Å². The minimum atomic E-state index is 0.125. The first-order valence-corrected chi connectivity index (χ1v) is 4.78. The van der Waals surface area contributed by atoms with Gasteiger partial charge in [-0.2, -0.15) is 0 Å². The zero-order valence-electron chi connectivity index (χ0n) is 8.66. The second-order valence-electron chi connectivity index (χ2n) is 4.01. The van der Waals surface area contributed by atoms with Crippen LogP contribution in [0.15, 0.2) is 0 Å². The minimum absolute atomic E-state index is 0.125. The third kappa shape index (κ3) is 2.12. The largest absolute Gasteiger partial charge is 0.330 e. The monoisotopic (exact) mass is 185 g/mol. The zero-order chi connectivity index (χ0) is 10.0. The summed E-state index contributed by atoms with van der Waals surface area (Å²) in [6.45, 7) is 6.31. The molecule has 1 atom stereocenters. The molecule has 1 saturated heterocycles. The van der Waals surface area contributed by atoms with Crippen LogP contribution in [0.4, 0.5) is 4.79 Å². The molecule has 0 spiro atoms. The number of hydrogen-bond acceptors (Lipinski definition) is 2. The number of rotatable bonds is 2. The van der Waals surface area contributed by atoms with Gasteiger partial charge < -0.3 is 15.5 Å². The van der Waals surface area contributed by atoms with E-state index in [9.17, 15) is 4.79 Å². The fraction of sp³-hybridized carbons (Fsp3) is 0.889. The van der Waals surface area contributed by atoms with E-state index in [0.29, 0.717) is 12.5 Å². The van der Waals surface area contributed by atoms with Crippen LogP contribution in [-0.2, 0) is 0 Å². The lowest BCUT2D eigenvalue weighted by Gasteiger charge is -2.40. The van der Waals surface area contributed by atoms with Crippen LogP contribution in [0.1, 0.15) is 13.8 Å². The molecular weight excluding hydrogens is 166 g/mol. The van der Waals surface area contributed by atoms with Crippen molar-refractivity contribution in [3.63, 3.8) is 0 Å². The van der Waals surface area contributed by atoms with Crippen LogP contribution in [0.5, 0.6) is 0 Å². The Bertz CT molecular complexity index is 193. The van der Waals surface area contributed by atoms with Crippen LogP contribution in [0.3, 0.4) is 0 Å². The lowest BCUT2D eigenvalue weighted by Crippen LogP contribution is -2.55. The predicted octanol–water partition coefficient (Wildman–Crippen LogP) is 0.337. The summed E-state index contributed by atoms with van der Waals surface area (Å²) in [5, 5.41) is 0. The van der Waals surface area contributed by atoms with Gasteiger partial charge in [0.1, 0.15) is 0 Å². The highest BCUT2D eigenvalue weighted by molar-refractivity contribution is 5.75. The molecule has 0 aromatic heterocycles. The number of nitrogens with zero attached hydrogens (tertiary/aromatic N) is 2. The van der Waals surface area contributed by atoms with Crippen molar-refractivity contribution in [1.29, 1.82) is 0 Å². The van der Waals surface area contributed by atoms with Crippen LogP contribution in [-0.4, -0.2) is 48.6 Å². The van der Waals surface area contributed by atoms with E-state index in [1.165, 1.54) is 0 Å². The number of carbonyl (C=O) groups is 1. The highest BCUT2D eigenvalue weighted by atomic mass is 16.2. The van der Waals surface area contributed by atoms with E-state index in [0.717, 1.165) is 13.1 Å². The van der Waals surface area contributed by atoms with Gasteiger partial charge in [-0.15, -0.1) is 0 Å². The highest BCUT2D eigenvalue weighted by Crippen LogP contribution is 2.14.